The molecule has 0 aromatic rings. The molecule has 0 aliphatic heterocycles. The van der Waals surface area contributed by atoms with Gasteiger partial charge in [-0.3, -0.25) is 0 Å². The molecule has 92 valence electrons. The first kappa shape index (κ1) is 15.5. The topological polar surface area (TPSA) is 0 Å². The average Bonchev–Trinajstić information content (AvgIpc) is 2.74. The van der Waals surface area contributed by atoms with Crippen LogP contribution in [0.3, 0.4) is 0 Å². The zero-order valence-electron chi connectivity index (χ0n) is 10.7. The molecular weight excluding hydrogens is 224 g/mol. The van der Waals surface area contributed by atoms with Gasteiger partial charge in [0, 0.05) is 17.1 Å². The van der Waals surface area contributed by atoms with Crippen LogP contribution in [0.4, 0.5) is 0 Å². The predicted octanol–water partition coefficient (Wildman–Crippen LogP) is 5.03. The summed E-state index contributed by atoms with van der Waals surface area (Å²) in [5.74, 6) is 2.96. The van der Waals surface area contributed by atoms with Crippen LogP contribution in [0.5, 0.6) is 0 Å². The number of rotatable bonds is 1. The van der Waals surface area contributed by atoms with Crippen molar-refractivity contribution in [1.82, 2.24) is 0 Å². The zero-order valence-corrected chi connectivity index (χ0v) is 11.8. The molecule has 0 saturated heterocycles. The maximum Gasteiger partial charge on any atom is 0 e. The Balaban J connectivity index is 0.000000280. The Morgan fingerprint density at radius 3 is 1.47 bits per heavy atom. The van der Waals surface area contributed by atoms with E-state index >= 15 is 0 Å². The Bertz CT molecular complexity index is 131. The summed E-state index contributed by atoms with van der Waals surface area (Å²) in [4.78, 5) is 0. The second-order valence-electron chi connectivity index (χ2n) is 5.58. The van der Waals surface area contributed by atoms with E-state index in [1.807, 2.05) is 0 Å². The Labute approximate surface area is 107 Å². The monoisotopic (exact) mass is 252 g/mol. The first-order chi connectivity index (χ1) is 6.72. The first-order valence-corrected chi connectivity index (χ1v) is 6.72. The van der Waals surface area contributed by atoms with E-state index in [1.54, 1.807) is 0 Å². The van der Waals surface area contributed by atoms with Crippen molar-refractivity contribution < 1.29 is 17.1 Å². The summed E-state index contributed by atoms with van der Waals surface area (Å²) >= 11 is 0. The van der Waals surface area contributed by atoms with Crippen LogP contribution in [0, 0.1) is 17.8 Å². The molecule has 0 spiro atoms. The summed E-state index contributed by atoms with van der Waals surface area (Å²) in [5.41, 5.74) is 0. The van der Waals surface area contributed by atoms with Crippen molar-refractivity contribution in [1.29, 1.82) is 0 Å². The van der Waals surface area contributed by atoms with Crippen molar-refractivity contribution >= 4 is 0 Å². The van der Waals surface area contributed by atoms with Gasteiger partial charge in [0.15, 0.2) is 0 Å². The van der Waals surface area contributed by atoms with Gasteiger partial charge in [0.25, 0.3) is 0 Å². The van der Waals surface area contributed by atoms with Gasteiger partial charge < -0.3 is 0 Å². The molecule has 0 nitrogen and oxygen atoms in total. The fraction of sp³-hybridized carbons (Fsp3) is 1.00. The van der Waals surface area contributed by atoms with Gasteiger partial charge in [-0.1, -0.05) is 65.7 Å². The smallest absolute Gasteiger partial charge is 0 e. The maximum atomic E-state index is 2.40. The van der Waals surface area contributed by atoms with Gasteiger partial charge in [0.2, 0.25) is 0 Å². The van der Waals surface area contributed by atoms with Gasteiger partial charge >= 0.3 is 0 Å². The molecule has 0 heterocycles. The van der Waals surface area contributed by atoms with Crippen molar-refractivity contribution in [2.45, 2.75) is 72.1 Å². The van der Waals surface area contributed by atoms with E-state index in [2.05, 4.69) is 20.8 Å². The van der Waals surface area contributed by atoms with Gasteiger partial charge in [-0.15, -0.1) is 0 Å². The maximum absolute atomic E-state index is 2.40. The van der Waals surface area contributed by atoms with Crippen LogP contribution < -0.4 is 0 Å². The molecule has 0 radical (unpaired) electrons. The quantitative estimate of drug-likeness (QED) is 0.574. The van der Waals surface area contributed by atoms with E-state index in [1.165, 1.54) is 51.4 Å². The third-order valence-electron chi connectivity index (χ3n) is 4.03. The Hall–Kier alpha value is 0.519. The number of hydrogen-bond acceptors (Lipinski definition) is 0. The molecule has 2 aliphatic rings. The van der Waals surface area contributed by atoms with Crippen LogP contribution in [-0.4, -0.2) is 0 Å². The van der Waals surface area contributed by atoms with Crippen molar-refractivity contribution in [3.63, 3.8) is 0 Å². The van der Waals surface area contributed by atoms with E-state index in [0.717, 1.165) is 17.8 Å². The van der Waals surface area contributed by atoms with Gasteiger partial charge in [-0.25, -0.2) is 0 Å². The minimum atomic E-state index is 0. The summed E-state index contributed by atoms with van der Waals surface area (Å²) in [6.07, 6.45) is 11.9. The molecule has 1 heteroatoms. The van der Waals surface area contributed by atoms with E-state index in [4.69, 9.17) is 0 Å². The van der Waals surface area contributed by atoms with Crippen LogP contribution in [0.15, 0.2) is 0 Å². The Morgan fingerprint density at radius 2 is 1.27 bits per heavy atom. The van der Waals surface area contributed by atoms with Crippen LogP contribution in [0.1, 0.15) is 72.1 Å². The molecule has 2 rings (SSSR count). The number of hydrogen-bond donors (Lipinski definition) is 0. The zero-order chi connectivity index (χ0) is 10.4. The fourth-order valence-electron chi connectivity index (χ4n) is 3.05. The third-order valence-corrected chi connectivity index (χ3v) is 4.03. The summed E-state index contributed by atoms with van der Waals surface area (Å²) in [6.45, 7) is 7.11. The molecule has 0 N–H and O–H groups in total. The second kappa shape index (κ2) is 8.65. The summed E-state index contributed by atoms with van der Waals surface area (Å²) < 4.78 is 0. The largest absolute Gasteiger partial charge is 0.0625 e. The average molecular weight is 252 g/mol. The van der Waals surface area contributed by atoms with E-state index in [0.29, 0.717) is 0 Å². The van der Waals surface area contributed by atoms with E-state index in [-0.39, 0.29) is 17.1 Å². The fourth-order valence-corrected chi connectivity index (χ4v) is 3.05. The van der Waals surface area contributed by atoms with Gasteiger partial charge in [0.1, 0.15) is 0 Å². The standard InChI is InChI=1S/C9H18.C5H10.Fe/c1-7(2)9-6-4-5-8(9)3;1-2-4-5-3-1;/h7-9H,4-6H2,1-3H3;1-5H2;. The van der Waals surface area contributed by atoms with Gasteiger partial charge in [-0.2, -0.15) is 0 Å². The molecule has 2 aliphatic carbocycles. The predicted molar refractivity (Wildman–Crippen MR) is 64.4 cm³/mol. The van der Waals surface area contributed by atoms with E-state index in [9.17, 15) is 0 Å². The molecule has 2 fully saturated rings. The van der Waals surface area contributed by atoms with Crippen LogP contribution in [0.25, 0.3) is 0 Å². The van der Waals surface area contributed by atoms with Crippen LogP contribution in [-0.2, 0) is 17.1 Å². The van der Waals surface area contributed by atoms with Crippen molar-refractivity contribution in [2.75, 3.05) is 0 Å². The molecular formula is C14H28Fe. The minimum Gasteiger partial charge on any atom is -0.0625 e. The van der Waals surface area contributed by atoms with E-state index < -0.39 is 0 Å². The van der Waals surface area contributed by atoms with Crippen molar-refractivity contribution in [3.8, 4) is 0 Å². The normalized spacial score (nSPS) is 29.6. The van der Waals surface area contributed by atoms with Crippen molar-refractivity contribution in [2.24, 2.45) is 17.8 Å². The molecule has 15 heavy (non-hydrogen) atoms. The van der Waals surface area contributed by atoms with Crippen molar-refractivity contribution in [3.05, 3.63) is 0 Å². The molecule has 0 aromatic carbocycles. The minimum absolute atomic E-state index is 0. The molecule has 0 bridgehead atoms. The SMILES string of the molecule is C1CCCC1.CC(C)C1CCCC1C.[Fe]. The molecule has 2 atom stereocenters. The molecule has 0 amide bonds. The van der Waals surface area contributed by atoms with Gasteiger partial charge in [0.05, 0.1) is 0 Å². The molecule has 0 aromatic heterocycles. The van der Waals surface area contributed by atoms with Crippen LogP contribution in [0.2, 0.25) is 0 Å². The Kier molecular flexibility index (Phi) is 8.95. The van der Waals surface area contributed by atoms with Crippen LogP contribution >= 0.6 is 0 Å². The Morgan fingerprint density at radius 1 is 0.800 bits per heavy atom. The summed E-state index contributed by atoms with van der Waals surface area (Å²) in [5, 5.41) is 0. The third kappa shape index (κ3) is 5.97. The summed E-state index contributed by atoms with van der Waals surface area (Å²) in [6, 6.07) is 0. The first-order valence-electron chi connectivity index (χ1n) is 6.72. The second-order valence-corrected chi connectivity index (χ2v) is 5.58. The summed E-state index contributed by atoms with van der Waals surface area (Å²) in [7, 11) is 0. The molecule has 2 saturated carbocycles. The van der Waals surface area contributed by atoms with Gasteiger partial charge in [-0.05, 0) is 24.2 Å². The molecule has 2 unspecified atom stereocenters.